The average Bonchev–Trinajstić information content (AvgIpc) is 3.46. The van der Waals surface area contributed by atoms with Crippen LogP contribution in [0.5, 0.6) is 5.75 Å². The summed E-state index contributed by atoms with van der Waals surface area (Å²) in [6, 6.07) is 11.6. The summed E-state index contributed by atoms with van der Waals surface area (Å²) in [5, 5.41) is 9.05. The molecule has 1 fully saturated rings. The maximum absolute atomic E-state index is 13.6. The van der Waals surface area contributed by atoms with Gasteiger partial charge in [0.25, 0.3) is 5.91 Å². The summed E-state index contributed by atoms with van der Waals surface area (Å²) in [6.45, 7) is 6.59. The second kappa shape index (κ2) is 9.42. The number of hydrogen-bond donors (Lipinski definition) is 0. The van der Waals surface area contributed by atoms with Gasteiger partial charge in [-0.2, -0.15) is 0 Å². The fourth-order valence-electron chi connectivity index (χ4n) is 4.02. The van der Waals surface area contributed by atoms with Gasteiger partial charge in [-0.25, -0.2) is 9.67 Å². The minimum Gasteiger partial charge on any atom is -0.494 e. The third kappa shape index (κ3) is 4.41. The van der Waals surface area contributed by atoms with Crippen molar-refractivity contribution in [3.63, 3.8) is 0 Å². The van der Waals surface area contributed by atoms with Crippen LogP contribution in [0, 0.1) is 6.92 Å². The summed E-state index contributed by atoms with van der Waals surface area (Å²) < 4.78 is 13.7. The van der Waals surface area contributed by atoms with Crippen molar-refractivity contribution < 1.29 is 14.3 Å². The number of aryl methyl sites for hydroxylation is 1. The quantitative estimate of drug-likeness (QED) is 0.414. The van der Waals surface area contributed by atoms with Crippen LogP contribution in [0.3, 0.4) is 0 Å². The Kier molecular flexibility index (Phi) is 6.21. The summed E-state index contributed by atoms with van der Waals surface area (Å²) in [4.78, 5) is 22.5. The molecule has 4 aromatic rings. The molecule has 1 aliphatic heterocycles. The zero-order valence-electron chi connectivity index (χ0n) is 18.7. The van der Waals surface area contributed by atoms with Crippen molar-refractivity contribution in [2.24, 2.45) is 0 Å². The monoisotopic (exact) mass is 466 g/mol. The molecule has 10 heteroatoms. The van der Waals surface area contributed by atoms with Gasteiger partial charge in [-0.15, -0.1) is 5.10 Å². The number of para-hydroxylation sites is 1. The van der Waals surface area contributed by atoms with Gasteiger partial charge >= 0.3 is 0 Å². The largest absolute Gasteiger partial charge is 0.494 e. The summed E-state index contributed by atoms with van der Waals surface area (Å²) >= 11 is 1.52. The lowest BCUT2D eigenvalue weighted by atomic mass is 10.2. The SMILES string of the molecule is COc1ccc(C)c2sc(N(CCN3CCOCC3)C(=O)Cn3nnc4ccccc43)nc12. The second-order valence-electron chi connectivity index (χ2n) is 7.99. The Morgan fingerprint density at radius 3 is 2.85 bits per heavy atom. The summed E-state index contributed by atoms with van der Waals surface area (Å²) in [7, 11) is 1.64. The van der Waals surface area contributed by atoms with E-state index in [4.69, 9.17) is 14.5 Å². The molecule has 2 aromatic carbocycles. The van der Waals surface area contributed by atoms with Crippen molar-refractivity contribution in [2.45, 2.75) is 13.5 Å². The summed E-state index contributed by atoms with van der Waals surface area (Å²) in [5.74, 6) is 0.635. The van der Waals surface area contributed by atoms with Crippen LogP contribution in [0.25, 0.3) is 21.3 Å². The first-order chi connectivity index (χ1) is 16.1. The van der Waals surface area contributed by atoms with Gasteiger partial charge in [0, 0.05) is 26.2 Å². The maximum Gasteiger partial charge on any atom is 0.250 e. The summed E-state index contributed by atoms with van der Waals surface area (Å²) in [5.41, 5.74) is 3.50. The lowest BCUT2D eigenvalue weighted by Crippen LogP contribution is -2.44. The third-order valence-corrected chi connectivity index (χ3v) is 7.11. The molecule has 9 nitrogen and oxygen atoms in total. The molecule has 3 heterocycles. The number of methoxy groups -OCH3 is 1. The number of benzene rings is 2. The number of hydrogen-bond acceptors (Lipinski definition) is 8. The first-order valence-corrected chi connectivity index (χ1v) is 11.8. The lowest BCUT2D eigenvalue weighted by Gasteiger charge is -2.29. The normalized spacial score (nSPS) is 14.7. The second-order valence-corrected chi connectivity index (χ2v) is 8.97. The van der Waals surface area contributed by atoms with E-state index in [1.807, 2.05) is 43.3 Å². The highest BCUT2D eigenvalue weighted by atomic mass is 32.1. The van der Waals surface area contributed by atoms with E-state index in [-0.39, 0.29) is 12.5 Å². The topological polar surface area (TPSA) is 85.6 Å². The van der Waals surface area contributed by atoms with Crippen molar-refractivity contribution in [1.82, 2.24) is 24.9 Å². The molecule has 0 N–H and O–H groups in total. The molecule has 1 saturated heterocycles. The van der Waals surface area contributed by atoms with Gasteiger partial charge in [0.15, 0.2) is 5.13 Å². The van der Waals surface area contributed by atoms with E-state index in [1.165, 1.54) is 11.3 Å². The molecule has 1 amide bonds. The van der Waals surface area contributed by atoms with E-state index >= 15 is 0 Å². The van der Waals surface area contributed by atoms with Gasteiger partial charge in [-0.1, -0.05) is 34.7 Å². The molecule has 0 bridgehead atoms. The van der Waals surface area contributed by atoms with Crippen LogP contribution in [0.2, 0.25) is 0 Å². The minimum atomic E-state index is -0.0745. The molecule has 33 heavy (non-hydrogen) atoms. The van der Waals surface area contributed by atoms with Gasteiger partial charge in [0.05, 0.1) is 30.5 Å². The van der Waals surface area contributed by atoms with Gasteiger partial charge in [-0.05, 0) is 30.7 Å². The van der Waals surface area contributed by atoms with Crippen LogP contribution in [-0.2, 0) is 16.1 Å². The van der Waals surface area contributed by atoms with E-state index in [1.54, 1.807) is 16.7 Å². The Bertz CT molecular complexity index is 1280. The maximum atomic E-state index is 13.6. The number of rotatable bonds is 7. The highest BCUT2D eigenvalue weighted by molar-refractivity contribution is 7.22. The van der Waals surface area contributed by atoms with Gasteiger partial charge in [-0.3, -0.25) is 14.6 Å². The molecule has 0 atom stereocenters. The number of thiazole rings is 1. The van der Waals surface area contributed by atoms with Crippen LogP contribution in [0.15, 0.2) is 36.4 Å². The lowest BCUT2D eigenvalue weighted by molar-refractivity contribution is -0.119. The number of amides is 1. The Balaban J connectivity index is 1.46. The molecule has 0 aliphatic carbocycles. The molecule has 0 unspecified atom stereocenters. The molecule has 0 radical (unpaired) electrons. The Labute approximate surface area is 195 Å². The number of nitrogens with zero attached hydrogens (tertiary/aromatic N) is 6. The van der Waals surface area contributed by atoms with Crippen molar-refractivity contribution in [3.8, 4) is 5.75 Å². The number of carbonyl (C=O) groups excluding carboxylic acids is 1. The van der Waals surface area contributed by atoms with E-state index < -0.39 is 0 Å². The van der Waals surface area contributed by atoms with Crippen LogP contribution in [0.1, 0.15) is 5.56 Å². The van der Waals surface area contributed by atoms with Crippen LogP contribution >= 0.6 is 11.3 Å². The number of ether oxygens (including phenoxy) is 2. The van der Waals surface area contributed by atoms with Crippen LogP contribution in [0.4, 0.5) is 5.13 Å². The zero-order chi connectivity index (χ0) is 22.8. The van der Waals surface area contributed by atoms with Gasteiger partial charge < -0.3 is 9.47 Å². The first kappa shape index (κ1) is 21.7. The van der Waals surface area contributed by atoms with Crippen molar-refractivity contribution in [1.29, 1.82) is 0 Å². The van der Waals surface area contributed by atoms with E-state index in [0.717, 1.165) is 59.7 Å². The van der Waals surface area contributed by atoms with Gasteiger partial charge in [0.2, 0.25) is 0 Å². The predicted octanol–water partition coefficient (Wildman–Crippen LogP) is 2.72. The summed E-state index contributed by atoms with van der Waals surface area (Å²) in [6.07, 6.45) is 0. The van der Waals surface area contributed by atoms with Crippen LogP contribution < -0.4 is 9.64 Å². The fraction of sp³-hybridized carbons (Fsp3) is 0.391. The van der Waals surface area contributed by atoms with Crippen LogP contribution in [-0.4, -0.2) is 77.3 Å². The first-order valence-electron chi connectivity index (χ1n) is 11.0. The molecular formula is C23H26N6O3S. The predicted molar refractivity (Wildman–Crippen MR) is 128 cm³/mol. The Morgan fingerprint density at radius 1 is 1.21 bits per heavy atom. The number of morpholine rings is 1. The fourth-order valence-corrected chi connectivity index (χ4v) is 5.11. The number of fused-ring (bicyclic) bond motifs is 2. The van der Waals surface area contributed by atoms with Crippen molar-refractivity contribution in [2.75, 3.05) is 51.4 Å². The van der Waals surface area contributed by atoms with E-state index in [9.17, 15) is 4.79 Å². The molecule has 172 valence electrons. The average molecular weight is 467 g/mol. The highest BCUT2D eigenvalue weighted by Gasteiger charge is 2.24. The molecule has 0 spiro atoms. The third-order valence-electron chi connectivity index (χ3n) is 5.89. The minimum absolute atomic E-state index is 0.0745. The molecular weight excluding hydrogens is 440 g/mol. The molecule has 5 rings (SSSR count). The Hall–Kier alpha value is -3.08. The number of aromatic nitrogens is 4. The highest BCUT2D eigenvalue weighted by Crippen LogP contribution is 2.36. The smallest absolute Gasteiger partial charge is 0.250 e. The zero-order valence-corrected chi connectivity index (χ0v) is 19.5. The standard InChI is InChI=1S/C23H26N6O3S/c1-16-7-8-19(31-2)21-22(16)33-23(24-21)28(10-9-27-11-13-32-14-12-27)20(30)15-29-18-6-4-3-5-17(18)25-26-29/h3-8H,9-15H2,1-2H3. The molecule has 2 aromatic heterocycles. The van der Waals surface area contributed by atoms with E-state index in [0.29, 0.717) is 17.4 Å². The van der Waals surface area contributed by atoms with Crippen molar-refractivity contribution in [3.05, 3.63) is 42.0 Å². The van der Waals surface area contributed by atoms with Gasteiger partial charge in [0.1, 0.15) is 23.3 Å². The van der Waals surface area contributed by atoms with Crippen molar-refractivity contribution >= 4 is 43.6 Å². The Morgan fingerprint density at radius 2 is 2.03 bits per heavy atom. The number of anilines is 1. The molecule has 0 saturated carbocycles. The molecule has 1 aliphatic rings. The number of carbonyl (C=O) groups is 1. The van der Waals surface area contributed by atoms with E-state index in [2.05, 4.69) is 15.2 Å².